The minimum absolute atomic E-state index is 0.0824. The van der Waals surface area contributed by atoms with Gasteiger partial charge in [0.15, 0.2) is 0 Å². The van der Waals surface area contributed by atoms with Crippen molar-refractivity contribution in [2.45, 2.75) is 106 Å². The molecule has 0 saturated heterocycles. The molecule has 0 heterocycles. The van der Waals surface area contributed by atoms with Gasteiger partial charge in [0.05, 0.1) is 0 Å². The molecular formula is C32H48. The lowest BCUT2D eigenvalue weighted by Crippen LogP contribution is -2.33. The van der Waals surface area contributed by atoms with Gasteiger partial charge in [-0.3, -0.25) is 0 Å². The van der Waals surface area contributed by atoms with Gasteiger partial charge < -0.3 is 0 Å². The molecule has 2 aliphatic rings. The minimum atomic E-state index is 0.0824. The number of allylic oxidation sites excluding steroid dienone is 7. The second-order valence-electron chi connectivity index (χ2n) is 10.8. The van der Waals surface area contributed by atoms with Crippen LogP contribution < -0.4 is 0 Å². The Labute approximate surface area is 199 Å². The molecule has 0 fully saturated rings. The van der Waals surface area contributed by atoms with Crippen LogP contribution in [0.5, 0.6) is 0 Å². The smallest absolute Gasteiger partial charge is 0.0149 e. The summed E-state index contributed by atoms with van der Waals surface area (Å²) in [5.41, 5.74) is 8.45. The van der Waals surface area contributed by atoms with Gasteiger partial charge >= 0.3 is 0 Å². The largest absolute Gasteiger partial charge is 0.0916 e. The fourth-order valence-electron chi connectivity index (χ4n) is 5.17. The fraction of sp³-hybridized carbons (Fsp3) is 0.562. The second kappa shape index (κ2) is 11.4. The Bertz CT molecular complexity index is 863. The van der Waals surface area contributed by atoms with Crippen LogP contribution in [0.3, 0.4) is 0 Å². The summed E-state index contributed by atoms with van der Waals surface area (Å²) in [5, 5.41) is 0. The van der Waals surface area contributed by atoms with Crippen LogP contribution in [0.15, 0.2) is 59.7 Å². The van der Waals surface area contributed by atoms with E-state index in [1.54, 1.807) is 16.7 Å². The van der Waals surface area contributed by atoms with Gasteiger partial charge in [-0.2, -0.15) is 0 Å². The Hall–Kier alpha value is -1.82. The molecule has 32 heavy (non-hydrogen) atoms. The van der Waals surface area contributed by atoms with Crippen molar-refractivity contribution in [1.82, 2.24) is 0 Å². The standard InChI is InChI=1S/C25H32.C7H16/c1-6-9-13-19-15-11-17-22-24(19)20(8-3)23-18(12-7-2)14-10-16-21(23)25(22,4)5;1-5-7(3,4)6-2/h6-7,9-12,14,16-17,19-20H,8,13,15H2,1-5H3;5-6H2,1-4H3/b9-6?,12-7-;. The maximum atomic E-state index is 2.43. The first-order valence-corrected chi connectivity index (χ1v) is 13.0. The third-order valence-electron chi connectivity index (χ3n) is 7.99. The molecule has 0 nitrogen and oxygen atoms in total. The fourth-order valence-corrected chi connectivity index (χ4v) is 5.17. The molecule has 0 bridgehead atoms. The molecule has 0 aromatic heterocycles. The zero-order valence-electron chi connectivity index (χ0n) is 22.4. The summed E-state index contributed by atoms with van der Waals surface area (Å²) in [4.78, 5) is 0. The second-order valence-corrected chi connectivity index (χ2v) is 10.8. The minimum Gasteiger partial charge on any atom is -0.0916 e. The monoisotopic (exact) mass is 432 g/mol. The number of hydrogen-bond donors (Lipinski definition) is 0. The van der Waals surface area contributed by atoms with E-state index in [1.165, 1.54) is 36.8 Å². The lowest BCUT2D eigenvalue weighted by atomic mass is 9.59. The first kappa shape index (κ1) is 26.4. The Kier molecular flexibility index (Phi) is 9.38. The summed E-state index contributed by atoms with van der Waals surface area (Å²) >= 11 is 0. The number of rotatable bonds is 6. The van der Waals surface area contributed by atoms with Crippen LogP contribution in [0.25, 0.3) is 6.08 Å². The van der Waals surface area contributed by atoms with Crippen LogP contribution in [0.4, 0.5) is 0 Å². The summed E-state index contributed by atoms with van der Waals surface area (Å²) in [6.07, 6.45) is 20.0. The van der Waals surface area contributed by atoms with Gasteiger partial charge in [0, 0.05) is 11.3 Å². The molecule has 0 amide bonds. The van der Waals surface area contributed by atoms with Gasteiger partial charge in [-0.1, -0.05) is 122 Å². The van der Waals surface area contributed by atoms with Crippen LogP contribution in [-0.4, -0.2) is 0 Å². The summed E-state index contributed by atoms with van der Waals surface area (Å²) in [7, 11) is 0. The van der Waals surface area contributed by atoms with Crippen molar-refractivity contribution >= 4 is 6.08 Å². The van der Waals surface area contributed by atoms with Crippen molar-refractivity contribution in [3.8, 4) is 0 Å². The molecule has 0 aliphatic heterocycles. The number of benzene rings is 1. The highest BCUT2D eigenvalue weighted by Crippen LogP contribution is 2.53. The summed E-state index contributed by atoms with van der Waals surface area (Å²) < 4.78 is 0. The summed E-state index contributed by atoms with van der Waals surface area (Å²) in [5.74, 6) is 1.19. The molecular weight excluding hydrogens is 384 g/mol. The van der Waals surface area contributed by atoms with E-state index in [-0.39, 0.29) is 5.41 Å². The van der Waals surface area contributed by atoms with Crippen molar-refractivity contribution in [3.05, 3.63) is 76.4 Å². The quantitative estimate of drug-likeness (QED) is 0.392. The van der Waals surface area contributed by atoms with Crippen LogP contribution >= 0.6 is 0 Å². The van der Waals surface area contributed by atoms with E-state index < -0.39 is 0 Å². The molecule has 176 valence electrons. The summed E-state index contributed by atoms with van der Waals surface area (Å²) in [6, 6.07) is 6.89. The SMILES string of the molecule is CC=CCC1CC=CC2=C1C(CC)c1c(/C=C\C)cccc1C2(C)C.CCC(C)(C)CC. The van der Waals surface area contributed by atoms with Gasteiger partial charge in [-0.15, -0.1) is 0 Å². The Morgan fingerprint density at radius 1 is 1.03 bits per heavy atom. The first-order valence-electron chi connectivity index (χ1n) is 13.0. The van der Waals surface area contributed by atoms with E-state index in [4.69, 9.17) is 0 Å². The lowest BCUT2D eigenvalue weighted by molar-refractivity contribution is 0.338. The van der Waals surface area contributed by atoms with Gasteiger partial charge in [-0.25, -0.2) is 0 Å². The topological polar surface area (TPSA) is 0 Å². The third kappa shape index (κ3) is 5.56. The van der Waals surface area contributed by atoms with Gasteiger partial charge in [-0.05, 0) is 66.7 Å². The highest BCUT2D eigenvalue weighted by Gasteiger charge is 2.41. The number of fused-ring (bicyclic) bond motifs is 1. The van der Waals surface area contributed by atoms with Gasteiger partial charge in [0.2, 0.25) is 0 Å². The maximum Gasteiger partial charge on any atom is 0.0149 e. The van der Waals surface area contributed by atoms with Crippen molar-refractivity contribution in [2.24, 2.45) is 11.3 Å². The van der Waals surface area contributed by atoms with Gasteiger partial charge in [0.1, 0.15) is 0 Å². The van der Waals surface area contributed by atoms with Crippen LogP contribution in [0, 0.1) is 11.3 Å². The molecule has 0 spiro atoms. The molecule has 0 saturated carbocycles. The third-order valence-corrected chi connectivity index (χ3v) is 7.99. The Balaban J connectivity index is 0.000000451. The van der Waals surface area contributed by atoms with E-state index in [0.29, 0.717) is 17.3 Å². The highest BCUT2D eigenvalue weighted by atomic mass is 14.4. The normalized spacial score (nSPS) is 22.0. The van der Waals surface area contributed by atoms with Crippen molar-refractivity contribution < 1.29 is 0 Å². The zero-order valence-corrected chi connectivity index (χ0v) is 22.4. The average Bonchev–Trinajstić information content (AvgIpc) is 2.79. The highest BCUT2D eigenvalue weighted by molar-refractivity contribution is 5.65. The molecule has 1 aromatic rings. The molecule has 2 atom stereocenters. The Morgan fingerprint density at radius 2 is 1.72 bits per heavy atom. The van der Waals surface area contributed by atoms with E-state index in [1.807, 2.05) is 0 Å². The molecule has 0 radical (unpaired) electrons. The molecule has 2 aliphatic carbocycles. The lowest BCUT2D eigenvalue weighted by Gasteiger charge is -2.45. The van der Waals surface area contributed by atoms with E-state index in [2.05, 4.69) is 117 Å². The first-order chi connectivity index (χ1) is 15.2. The molecule has 1 aromatic carbocycles. The van der Waals surface area contributed by atoms with Gasteiger partial charge in [0.25, 0.3) is 0 Å². The van der Waals surface area contributed by atoms with Crippen molar-refractivity contribution in [1.29, 1.82) is 0 Å². The van der Waals surface area contributed by atoms with E-state index in [9.17, 15) is 0 Å². The average molecular weight is 433 g/mol. The Morgan fingerprint density at radius 3 is 2.25 bits per heavy atom. The predicted molar refractivity (Wildman–Crippen MR) is 145 cm³/mol. The van der Waals surface area contributed by atoms with Crippen LogP contribution in [0.1, 0.15) is 117 Å². The zero-order chi connectivity index (χ0) is 23.9. The molecule has 2 unspecified atom stereocenters. The number of hydrogen-bond acceptors (Lipinski definition) is 0. The molecule has 3 rings (SSSR count). The predicted octanol–water partition coefficient (Wildman–Crippen LogP) is 10.2. The van der Waals surface area contributed by atoms with Crippen LogP contribution in [0.2, 0.25) is 0 Å². The van der Waals surface area contributed by atoms with E-state index in [0.717, 1.165) is 6.42 Å². The molecule has 0 N–H and O–H groups in total. The van der Waals surface area contributed by atoms with E-state index >= 15 is 0 Å². The maximum absolute atomic E-state index is 2.43. The molecule has 0 heteroatoms. The van der Waals surface area contributed by atoms with Crippen molar-refractivity contribution in [3.63, 3.8) is 0 Å². The van der Waals surface area contributed by atoms with Crippen LogP contribution in [-0.2, 0) is 5.41 Å². The van der Waals surface area contributed by atoms with Crippen molar-refractivity contribution in [2.75, 3.05) is 0 Å². The summed E-state index contributed by atoms with van der Waals surface area (Å²) in [6.45, 7) is 20.5.